The van der Waals surface area contributed by atoms with Crippen molar-refractivity contribution in [3.63, 3.8) is 0 Å². The Labute approximate surface area is 84.4 Å². The molecule has 74 valence electrons. The molecule has 0 aliphatic heterocycles. The molecule has 0 saturated heterocycles. The first-order chi connectivity index (χ1) is 7.27. The van der Waals surface area contributed by atoms with E-state index in [1.54, 1.807) is 11.6 Å². The first-order valence-corrected chi connectivity index (χ1v) is 4.57. The van der Waals surface area contributed by atoms with Gasteiger partial charge < -0.3 is 0 Å². The van der Waals surface area contributed by atoms with Crippen molar-refractivity contribution >= 4 is 22.1 Å². The van der Waals surface area contributed by atoms with Gasteiger partial charge in [-0.05, 0) is 6.07 Å². The van der Waals surface area contributed by atoms with E-state index < -0.39 is 0 Å². The number of nitrogens with zero attached hydrogens (tertiary/aromatic N) is 3. The summed E-state index contributed by atoms with van der Waals surface area (Å²) in [4.78, 5) is 14.1. The molecule has 5 nitrogen and oxygen atoms in total. The number of aromatic nitrogens is 4. The van der Waals surface area contributed by atoms with Crippen LogP contribution in [0.1, 0.15) is 0 Å². The monoisotopic (exact) mass is 200 g/mol. The highest BCUT2D eigenvalue weighted by molar-refractivity contribution is 6.00. The second-order valence-corrected chi connectivity index (χ2v) is 3.40. The van der Waals surface area contributed by atoms with Gasteiger partial charge in [0.05, 0.1) is 11.0 Å². The fourth-order valence-electron chi connectivity index (χ4n) is 1.75. The van der Waals surface area contributed by atoms with Crippen LogP contribution in [-0.4, -0.2) is 19.7 Å². The molecule has 0 bridgehead atoms. The number of hydrogen-bond acceptors (Lipinski definition) is 3. The Morgan fingerprint density at radius 3 is 2.93 bits per heavy atom. The fourth-order valence-corrected chi connectivity index (χ4v) is 1.75. The molecular formula is C10H8N4O. The molecule has 2 aromatic heterocycles. The summed E-state index contributed by atoms with van der Waals surface area (Å²) >= 11 is 0. The van der Waals surface area contributed by atoms with E-state index >= 15 is 0 Å². The highest BCUT2D eigenvalue weighted by atomic mass is 16.1. The molecular weight excluding hydrogens is 192 g/mol. The summed E-state index contributed by atoms with van der Waals surface area (Å²) in [5.41, 5.74) is 1.95. The van der Waals surface area contributed by atoms with Gasteiger partial charge in [-0.3, -0.25) is 9.55 Å². The molecule has 0 fully saturated rings. The van der Waals surface area contributed by atoms with Crippen molar-refractivity contribution in [2.75, 3.05) is 0 Å². The molecule has 0 unspecified atom stereocenters. The molecule has 3 aromatic rings. The van der Waals surface area contributed by atoms with E-state index in [1.807, 2.05) is 24.3 Å². The minimum atomic E-state index is -0.171. The maximum Gasteiger partial charge on any atom is 0.327 e. The normalized spacial score (nSPS) is 11.3. The molecule has 0 aliphatic carbocycles. The van der Waals surface area contributed by atoms with Crippen molar-refractivity contribution in [3.05, 3.63) is 34.7 Å². The van der Waals surface area contributed by atoms with Crippen LogP contribution in [0.2, 0.25) is 0 Å². The zero-order valence-corrected chi connectivity index (χ0v) is 8.06. The molecule has 1 N–H and O–H groups in total. The van der Waals surface area contributed by atoms with E-state index in [4.69, 9.17) is 0 Å². The highest BCUT2D eigenvalue weighted by Gasteiger charge is 2.08. The number of benzene rings is 1. The number of aromatic amines is 1. The van der Waals surface area contributed by atoms with Gasteiger partial charge in [0.25, 0.3) is 0 Å². The Bertz CT molecular complexity index is 710. The van der Waals surface area contributed by atoms with Gasteiger partial charge >= 0.3 is 5.69 Å². The van der Waals surface area contributed by atoms with E-state index in [9.17, 15) is 4.79 Å². The molecule has 2 heterocycles. The van der Waals surface area contributed by atoms with Crippen LogP contribution in [0.5, 0.6) is 0 Å². The van der Waals surface area contributed by atoms with Gasteiger partial charge in [-0.25, -0.2) is 4.79 Å². The molecule has 0 spiro atoms. The lowest BCUT2D eigenvalue weighted by atomic mass is 10.2. The molecule has 0 radical (unpaired) electrons. The second-order valence-electron chi connectivity index (χ2n) is 3.40. The van der Waals surface area contributed by atoms with Crippen molar-refractivity contribution in [2.45, 2.75) is 0 Å². The van der Waals surface area contributed by atoms with Crippen LogP contribution >= 0.6 is 0 Å². The fraction of sp³-hybridized carbons (Fsp3) is 0.100. The Morgan fingerprint density at radius 2 is 2.07 bits per heavy atom. The smallest absolute Gasteiger partial charge is 0.293 e. The molecule has 1 aromatic carbocycles. The first kappa shape index (κ1) is 8.16. The van der Waals surface area contributed by atoms with E-state index in [0.717, 1.165) is 16.4 Å². The second kappa shape index (κ2) is 2.66. The van der Waals surface area contributed by atoms with Crippen molar-refractivity contribution in [3.8, 4) is 0 Å². The SMILES string of the molecule is Cn1c(=O)[nH]c2nnc3ccccc3c21. The lowest BCUT2D eigenvalue weighted by Gasteiger charge is -1.98. The van der Waals surface area contributed by atoms with Crippen LogP contribution in [0, 0.1) is 0 Å². The third-order valence-corrected chi connectivity index (χ3v) is 2.51. The van der Waals surface area contributed by atoms with Crippen LogP contribution in [-0.2, 0) is 7.05 Å². The van der Waals surface area contributed by atoms with Gasteiger partial charge in [-0.1, -0.05) is 18.2 Å². The zero-order chi connectivity index (χ0) is 10.4. The maximum absolute atomic E-state index is 11.4. The summed E-state index contributed by atoms with van der Waals surface area (Å²) in [5, 5.41) is 8.93. The predicted molar refractivity (Wildman–Crippen MR) is 56.6 cm³/mol. The van der Waals surface area contributed by atoms with Gasteiger partial charge in [-0.2, -0.15) is 0 Å². The average molecular weight is 200 g/mol. The van der Waals surface area contributed by atoms with Crippen LogP contribution in [0.4, 0.5) is 0 Å². The van der Waals surface area contributed by atoms with Crippen molar-refractivity contribution in [2.24, 2.45) is 7.05 Å². The van der Waals surface area contributed by atoms with Crippen molar-refractivity contribution < 1.29 is 0 Å². The Hall–Kier alpha value is -2.17. The maximum atomic E-state index is 11.4. The first-order valence-electron chi connectivity index (χ1n) is 4.57. The largest absolute Gasteiger partial charge is 0.327 e. The van der Waals surface area contributed by atoms with Crippen LogP contribution in [0.3, 0.4) is 0 Å². The van der Waals surface area contributed by atoms with Crippen molar-refractivity contribution in [1.82, 2.24) is 19.7 Å². The summed E-state index contributed by atoms with van der Waals surface area (Å²) < 4.78 is 1.55. The van der Waals surface area contributed by atoms with Crippen LogP contribution < -0.4 is 5.69 Å². The minimum Gasteiger partial charge on any atom is -0.293 e. The molecule has 3 rings (SSSR count). The Kier molecular flexibility index (Phi) is 1.45. The van der Waals surface area contributed by atoms with Crippen LogP contribution in [0.25, 0.3) is 22.1 Å². The summed E-state index contributed by atoms with van der Waals surface area (Å²) in [6.45, 7) is 0. The van der Waals surface area contributed by atoms with Gasteiger partial charge in [0.1, 0.15) is 0 Å². The van der Waals surface area contributed by atoms with E-state index in [0.29, 0.717) is 5.65 Å². The summed E-state index contributed by atoms with van der Waals surface area (Å²) in [6, 6.07) is 7.62. The Morgan fingerprint density at radius 1 is 1.27 bits per heavy atom. The quantitative estimate of drug-likeness (QED) is 0.584. The van der Waals surface area contributed by atoms with Gasteiger partial charge in [0.2, 0.25) is 0 Å². The van der Waals surface area contributed by atoms with Crippen LogP contribution in [0.15, 0.2) is 29.1 Å². The molecule has 5 heteroatoms. The minimum absolute atomic E-state index is 0.171. The lowest BCUT2D eigenvalue weighted by Crippen LogP contribution is -2.11. The average Bonchev–Trinajstić information content (AvgIpc) is 2.55. The van der Waals surface area contributed by atoms with Gasteiger partial charge in [0.15, 0.2) is 5.65 Å². The molecule has 0 atom stereocenters. The third kappa shape index (κ3) is 0.999. The lowest BCUT2D eigenvalue weighted by molar-refractivity contribution is 0.894. The summed E-state index contributed by atoms with van der Waals surface area (Å²) in [5.74, 6) is 0. The predicted octanol–water partition coefficient (Wildman–Crippen LogP) is 0.810. The number of nitrogens with one attached hydrogen (secondary N) is 1. The number of aryl methyl sites for hydroxylation is 1. The number of fused-ring (bicyclic) bond motifs is 3. The van der Waals surface area contributed by atoms with E-state index in [1.165, 1.54) is 0 Å². The van der Waals surface area contributed by atoms with E-state index in [-0.39, 0.29) is 5.69 Å². The summed E-state index contributed by atoms with van der Waals surface area (Å²) in [7, 11) is 1.72. The molecule has 15 heavy (non-hydrogen) atoms. The summed E-state index contributed by atoms with van der Waals surface area (Å²) in [6.07, 6.45) is 0. The standard InChI is InChI=1S/C10H8N4O/c1-14-8-6-4-2-3-5-7(6)12-13-9(8)11-10(14)15/h2-5H,1H3,(H,11,13,15). The molecule has 0 amide bonds. The molecule has 0 aliphatic rings. The van der Waals surface area contributed by atoms with Gasteiger partial charge in [0, 0.05) is 12.4 Å². The molecule has 0 saturated carbocycles. The topological polar surface area (TPSA) is 63.6 Å². The van der Waals surface area contributed by atoms with E-state index in [2.05, 4.69) is 15.2 Å². The third-order valence-electron chi connectivity index (χ3n) is 2.51. The number of hydrogen-bond donors (Lipinski definition) is 1. The van der Waals surface area contributed by atoms with Crippen molar-refractivity contribution in [1.29, 1.82) is 0 Å². The number of imidazole rings is 1. The Balaban J connectivity index is 2.69. The number of H-pyrrole nitrogens is 1. The zero-order valence-electron chi connectivity index (χ0n) is 8.06. The van der Waals surface area contributed by atoms with Gasteiger partial charge in [-0.15, -0.1) is 10.2 Å². The number of rotatable bonds is 0. The highest BCUT2D eigenvalue weighted by Crippen LogP contribution is 2.18.